The molecule has 3 aromatic rings. The molecule has 0 bridgehead atoms. The van der Waals surface area contributed by atoms with Gasteiger partial charge in [-0.15, -0.1) is 0 Å². The molecule has 0 saturated carbocycles. The fourth-order valence-corrected chi connectivity index (χ4v) is 6.17. The molecular weight excluding hydrogens is 623 g/mol. The van der Waals surface area contributed by atoms with Crippen molar-refractivity contribution in [1.82, 2.24) is 5.32 Å². The standard InChI is InChI=1S/C30H29Cl2F2N3O5S/c1-2-43(39,40)25-10-5-19(6-11-25)27(13-14-35)36-29(38)20-3-8-22(9-4-20)37-17-24(16-23(37)18-41-30(33)34)42-28-12-7-21(31)15-26(28)32/h3-12,15,23-24,27,30H,2,13,16-18H2,1H3,(H,36,38)/t23-,24+,27-/m0/s1. The lowest BCUT2D eigenvalue weighted by Gasteiger charge is -2.26. The smallest absolute Gasteiger partial charge is 0.345 e. The topological polar surface area (TPSA) is 109 Å². The van der Waals surface area contributed by atoms with Crippen LogP contribution in [-0.4, -0.2) is 52.0 Å². The molecule has 0 unspecified atom stereocenters. The quantitative estimate of drug-likeness (QED) is 0.240. The van der Waals surface area contributed by atoms with Crippen molar-refractivity contribution in [3.05, 3.63) is 87.9 Å². The number of nitrogens with one attached hydrogen (secondary N) is 1. The highest BCUT2D eigenvalue weighted by Gasteiger charge is 2.35. The fourth-order valence-electron chi connectivity index (χ4n) is 4.83. The Hall–Kier alpha value is -3.43. The second-order valence-corrected chi connectivity index (χ2v) is 13.0. The molecule has 4 rings (SSSR count). The number of benzene rings is 3. The number of nitriles is 1. The van der Waals surface area contributed by atoms with E-state index in [4.69, 9.17) is 27.9 Å². The number of ether oxygens (including phenoxy) is 2. The normalized spacial score (nSPS) is 17.5. The third kappa shape index (κ3) is 8.36. The summed E-state index contributed by atoms with van der Waals surface area (Å²) in [7, 11) is -3.39. The molecule has 1 amide bonds. The summed E-state index contributed by atoms with van der Waals surface area (Å²) in [5, 5.41) is 12.9. The molecule has 1 saturated heterocycles. The molecule has 1 N–H and O–H groups in total. The lowest BCUT2D eigenvalue weighted by Crippen LogP contribution is -2.34. The highest BCUT2D eigenvalue weighted by molar-refractivity contribution is 7.91. The third-order valence-electron chi connectivity index (χ3n) is 7.06. The van der Waals surface area contributed by atoms with Gasteiger partial charge in [0.2, 0.25) is 0 Å². The van der Waals surface area contributed by atoms with E-state index in [0.29, 0.717) is 45.6 Å². The van der Waals surface area contributed by atoms with Crippen LogP contribution in [0.15, 0.2) is 71.6 Å². The van der Waals surface area contributed by atoms with Gasteiger partial charge in [0.25, 0.3) is 5.91 Å². The molecule has 1 aliphatic heterocycles. The lowest BCUT2D eigenvalue weighted by atomic mass is 10.0. The largest absolute Gasteiger partial charge is 0.487 e. The first-order chi connectivity index (χ1) is 20.5. The van der Waals surface area contributed by atoms with Crippen LogP contribution in [0.25, 0.3) is 0 Å². The molecule has 1 fully saturated rings. The van der Waals surface area contributed by atoms with E-state index in [1.807, 2.05) is 11.0 Å². The van der Waals surface area contributed by atoms with E-state index in [1.165, 1.54) is 12.1 Å². The van der Waals surface area contributed by atoms with Crippen LogP contribution in [0.5, 0.6) is 5.75 Å². The van der Waals surface area contributed by atoms with Gasteiger partial charge < -0.3 is 19.7 Å². The van der Waals surface area contributed by atoms with Gasteiger partial charge in [-0.2, -0.15) is 14.0 Å². The number of nitrogens with zero attached hydrogens (tertiary/aromatic N) is 2. The summed E-state index contributed by atoms with van der Waals surface area (Å²) >= 11 is 12.2. The average molecular weight is 653 g/mol. The maximum absolute atomic E-state index is 13.1. The van der Waals surface area contributed by atoms with Crippen molar-refractivity contribution in [3.8, 4) is 11.8 Å². The summed E-state index contributed by atoms with van der Waals surface area (Å²) in [6.07, 6.45) is -0.0110. The van der Waals surface area contributed by atoms with Gasteiger partial charge in [-0.25, -0.2) is 8.42 Å². The molecule has 1 aliphatic rings. The maximum Gasteiger partial charge on any atom is 0.345 e. The van der Waals surface area contributed by atoms with Gasteiger partial charge in [-0.1, -0.05) is 42.3 Å². The predicted octanol–water partition coefficient (Wildman–Crippen LogP) is 6.44. The minimum Gasteiger partial charge on any atom is -0.487 e. The average Bonchev–Trinajstić information content (AvgIpc) is 3.40. The molecular formula is C30H29Cl2F2N3O5S. The number of carbonyl (C=O) groups excluding carboxylic acids is 1. The number of hydrogen-bond acceptors (Lipinski definition) is 7. The van der Waals surface area contributed by atoms with Crippen LogP contribution in [0, 0.1) is 11.3 Å². The van der Waals surface area contributed by atoms with E-state index in [-0.39, 0.29) is 29.8 Å². The van der Waals surface area contributed by atoms with Gasteiger partial charge in [0.05, 0.1) is 53.4 Å². The molecule has 8 nitrogen and oxygen atoms in total. The predicted molar refractivity (Wildman–Crippen MR) is 160 cm³/mol. The highest BCUT2D eigenvalue weighted by atomic mass is 35.5. The lowest BCUT2D eigenvalue weighted by molar-refractivity contribution is -0.131. The van der Waals surface area contributed by atoms with Gasteiger partial charge in [0.1, 0.15) is 11.9 Å². The van der Waals surface area contributed by atoms with Crippen molar-refractivity contribution < 1.29 is 31.5 Å². The van der Waals surface area contributed by atoms with Crippen LogP contribution < -0.4 is 15.0 Å². The Bertz CT molecular complexity index is 1570. The van der Waals surface area contributed by atoms with Crippen molar-refractivity contribution in [2.45, 2.75) is 49.5 Å². The number of rotatable bonds is 12. The van der Waals surface area contributed by atoms with E-state index < -0.39 is 34.4 Å². The van der Waals surface area contributed by atoms with Gasteiger partial charge in [0.15, 0.2) is 9.84 Å². The molecule has 0 radical (unpaired) electrons. The fraction of sp³-hybridized carbons (Fsp3) is 0.333. The van der Waals surface area contributed by atoms with Gasteiger partial charge in [-0.3, -0.25) is 4.79 Å². The summed E-state index contributed by atoms with van der Waals surface area (Å²) in [6.45, 7) is -1.25. The Balaban J connectivity index is 1.47. The first kappa shape index (κ1) is 32.5. The summed E-state index contributed by atoms with van der Waals surface area (Å²) in [5.41, 5.74) is 1.58. The summed E-state index contributed by atoms with van der Waals surface area (Å²) < 4.78 is 60.7. The number of amides is 1. The number of hydrogen-bond donors (Lipinski definition) is 1. The van der Waals surface area contributed by atoms with Crippen LogP contribution >= 0.6 is 23.2 Å². The van der Waals surface area contributed by atoms with E-state index >= 15 is 0 Å². The first-order valence-electron chi connectivity index (χ1n) is 13.4. The van der Waals surface area contributed by atoms with Gasteiger partial charge in [0, 0.05) is 22.7 Å². The SMILES string of the molecule is CCS(=O)(=O)c1ccc([C@H](CC#N)NC(=O)c2ccc(N3C[C@H](Oc4ccc(Cl)cc4Cl)C[C@H]3COC(F)F)cc2)cc1. The van der Waals surface area contributed by atoms with Crippen LogP contribution in [0.1, 0.15) is 41.7 Å². The molecule has 43 heavy (non-hydrogen) atoms. The van der Waals surface area contributed by atoms with Crippen LogP contribution in [0.3, 0.4) is 0 Å². The Morgan fingerprint density at radius 1 is 1.12 bits per heavy atom. The number of anilines is 1. The number of carbonyl (C=O) groups is 1. The number of sulfone groups is 1. The monoisotopic (exact) mass is 651 g/mol. The zero-order valence-electron chi connectivity index (χ0n) is 23.1. The molecule has 13 heteroatoms. The molecule has 3 aromatic carbocycles. The van der Waals surface area contributed by atoms with E-state index in [2.05, 4.69) is 10.1 Å². The summed E-state index contributed by atoms with van der Waals surface area (Å²) in [5.74, 6) is -0.0515. The molecule has 0 aliphatic carbocycles. The third-order valence-corrected chi connectivity index (χ3v) is 9.34. The zero-order chi connectivity index (χ0) is 31.1. The Kier molecular flexibility index (Phi) is 10.8. The Morgan fingerprint density at radius 3 is 2.42 bits per heavy atom. The molecule has 3 atom stereocenters. The second kappa shape index (κ2) is 14.4. The molecule has 1 heterocycles. The Labute approximate surface area is 259 Å². The number of halogens is 4. The molecule has 0 spiro atoms. The van der Waals surface area contributed by atoms with Crippen molar-refractivity contribution in [1.29, 1.82) is 5.26 Å². The van der Waals surface area contributed by atoms with Gasteiger partial charge >= 0.3 is 6.61 Å². The van der Waals surface area contributed by atoms with Crippen molar-refractivity contribution in [2.24, 2.45) is 0 Å². The molecule has 228 valence electrons. The van der Waals surface area contributed by atoms with Crippen molar-refractivity contribution >= 4 is 44.6 Å². The summed E-state index contributed by atoms with van der Waals surface area (Å²) in [4.78, 5) is 15.1. The van der Waals surface area contributed by atoms with Crippen molar-refractivity contribution in [3.63, 3.8) is 0 Å². The van der Waals surface area contributed by atoms with Gasteiger partial charge in [-0.05, 0) is 60.2 Å². The number of alkyl halides is 2. The van der Waals surface area contributed by atoms with Crippen molar-refractivity contribution in [2.75, 3.05) is 23.8 Å². The Morgan fingerprint density at radius 2 is 1.81 bits per heavy atom. The van der Waals surface area contributed by atoms with E-state index in [0.717, 1.165) is 0 Å². The van der Waals surface area contributed by atoms with Crippen LogP contribution in [0.4, 0.5) is 14.5 Å². The summed E-state index contributed by atoms with van der Waals surface area (Å²) in [6, 6.07) is 18.5. The maximum atomic E-state index is 13.1. The van der Waals surface area contributed by atoms with E-state index in [1.54, 1.807) is 61.5 Å². The minimum absolute atomic E-state index is 0.0255. The first-order valence-corrected chi connectivity index (χ1v) is 15.8. The minimum atomic E-state index is -3.39. The van der Waals surface area contributed by atoms with E-state index in [9.17, 15) is 27.3 Å². The zero-order valence-corrected chi connectivity index (χ0v) is 25.4. The van der Waals surface area contributed by atoms with Crippen LogP contribution in [0.2, 0.25) is 10.0 Å². The second-order valence-electron chi connectivity index (χ2n) is 9.86. The highest BCUT2D eigenvalue weighted by Crippen LogP contribution is 2.33. The molecule has 0 aromatic heterocycles. The van der Waals surface area contributed by atoms with Crippen LogP contribution in [-0.2, 0) is 14.6 Å².